The molecule has 0 aromatic rings. The molecule has 1 radical (unpaired) electrons. The fourth-order valence-electron chi connectivity index (χ4n) is 0. The van der Waals surface area contributed by atoms with Crippen molar-refractivity contribution < 1.29 is 0 Å². The smallest absolute Gasteiger partial charge is 0 e. The van der Waals surface area contributed by atoms with E-state index in [2.05, 4.69) is 6.92 Å². The predicted molar refractivity (Wildman–Crippen MR) is 26.6 cm³/mol. The second kappa shape index (κ2) is 9.81. The Morgan fingerprint density at radius 1 is 1.60 bits per heavy atom. The number of hydrogen-bond donors (Lipinski definition) is 0. The molecule has 0 aromatic carbocycles. The molecule has 0 aliphatic rings. The molecule has 0 nitrogen and oxygen atoms in total. The van der Waals surface area contributed by atoms with Crippen molar-refractivity contribution in [3.05, 3.63) is 0 Å². The van der Waals surface area contributed by atoms with Gasteiger partial charge in [0.25, 0.3) is 0 Å². The van der Waals surface area contributed by atoms with Crippen molar-refractivity contribution in [2.45, 2.75) is 17.0 Å². The van der Waals surface area contributed by atoms with E-state index in [-0.39, 0.29) is 51.4 Å². The Morgan fingerprint density at radius 2 is 1.80 bits per heavy atom. The van der Waals surface area contributed by atoms with Crippen LogP contribution in [0.2, 0.25) is 3.67 Å². The summed E-state index contributed by atoms with van der Waals surface area (Å²) in [6.45, 7) is 2.22. The van der Waals surface area contributed by atoms with Gasteiger partial charge in [-0.25, -0.2) is 0 Å². The third-order valence-electron chi connectivity index (χ3n) is 0.500. The summed E-state index contributed by atoms with van der Waals surface area (Å²) in [7, 11) is 0. The molecule has 0 bridgehead atoms. The predicted octanol–water partition coefficient (Wildman–Crippen LogP) is 0.602. The van der Waals surface area contributed by atoms with E-state index in [4.69, 9.17) is 0 Å². The van der Waals surface area contributed by atoms with Gasteiger partial charge in [-0.1, -0.05) is 0 Å². The first-order valence-corrected chi connectivity index (χ1v) is 3.33. The molecule has 0 unspecified atom stereocenters. The molecule has 0 saturated carbocycles. The quantitative estimate of drug-likeness (QED) is 0.428. The Bertz CT molecular complexity index is 8.85. The molecule has 0 N–H and O–H groups in total. The van der Waals surface area contributed by atoms with E-state index >= 15 is 0 Å². The fourth-order valence-corrected chi connectivity index (χ4v) is 0. The molecule has 0 atom stereocenters. The molecule has 0 aliphatic carbocycles. The first kappa shape index (κ1) is 10.6. The van der Waals surface area contributed by atoms with Crippen LogP contribution in [-0.2, 0) is 0 Å². The summed E-state index contributed by atoms with van der Waals surface area (Å²) in [5.74, 6) is 0. The van der Waals surface area contributed by atoms with E-state index in [1.165, 1.54) is 38.0 Å². The minimum Gasteiger partial charge on any atom is 0 e. The SMILES string of the molecule is CC[CH2][Na].[K]. The minimum absolute atomic E-state index is 0. The van der Waals surface area contributed by atoms with Crippen LogP contribution in [0.3, 0.4) is 0 Å². The molecule has 21 valence electrons. The van der Waals surface area contributed by atoms with Gasteiger partial charge in [0.2, 0.25) is 0 Å². The maximum atomic E-state index is 2.22. The monoisotopic (exact) mass is 105 g/mol. The van der Waals surface area contributed by atoms with Crippen LogP contribution in [0, 0.1) is 0 Å². The third kappa shape index (κ3) is 10.8. The zero-order valence-corrected chi connectivity index (χ0v) is 9.54. The van der Waals surface area contributed by atoms with E-state index in [1.807, 2.05) is 0 Å². The Hall–Kier alpha value is 2.64. The summed E-state index contributed by atoms with van der Waals surface area (Å²) in [6.07, 6.45) is 1.38. The maximum absolute atomic E-state index is 2.22. The van der Waals surface area contributed by atoms with Crippen molar-refractivity contribution in [1.82, 2.24) is 0 Å². The van der Waals surface area contributed by atoms with Gasteiger partial charge in [-0.15, -0.1) is 0 Å². The number of rotatable bonds is 1. The van der Waals surface area contributed by atoms with Crippen LogP contribution in [0.5, 0.6) is 0 Å². The Balaban J connectivity index is 0. The van der Waals surface area contributed by atoms with E-state index < -0.39 is 0 Å². The van der Waals surface area contributed by atoms with Crippen LogP contribution in [0.4, 0.5) is 0 Å². The van der Waals surface area contributed by atoms with E-state index in [0.717, 1.165) is 0 Å². The Morgan fingerprint density at radius 3 is 1.80 bits per heavy atom. The standard InChI is InChI=1S/C3H7.K.Na/c1-3-2;;/h1,3H2,2H3;;. The van der Waals surface area contributed by atoms with Crippen LogP contribution in [0.1, 0.15) is 13.3 Å². The average molecular weight is 105 g/mol. The first-order valence-electron chi connectivity index (χ1n) is 1.91. The van der Waals surface area contributed by atoms with Crippen molar-refractivity contribution in [1.29, 1.82) is 0 Å². The molecule has 0 amide bonds. The van der Waals surface area contributed by atoms with Crippen molar-refractivity contribution >= 4 is 79.3 Å². The zero-order chi connectivity index (χ0) is 3.41. The van der Waals surface area contributed by atoms with Crippen molar-refractivity contribution in [2.24, 2.45) is 0 Å². The second-order valence-electron chi connectivity index (χ2n) is 1.000. The zero-order valence-electron chi connectivity index (χ0n) is 4.41. The molecule has 0 aliphatic heterocycles. The summed E-state index contributed by atoms with van der Waals surface area (Å²) in [5.41, 5.74) is 0. The van der Waals surface area contributed by atoms with Gasteiger partial charge in [-0.05, 0) is 0 Å². The van der Waals surface area contributed by atoms with Gasteiger partial charge < -0.3 is 0 Å². The third-order valence-corrected chi connectivity index (χ3v) is 1.50. The molecule has 0 heterocycles. The van der Waals surface area contributed by atoms with Crippen LogP contribution >= 0.6 is 0 Å². The van der Waals surface area contributed by atoms with Gasteiger partial charge in [0.1, 0.15) is 0 Å². The van der Waals surface area contributed by atoms with Gasteiger partial charge in [0, 0.05) is 51.4 Å². The molecule has 0 aromatic heterocycles. The van der Waals surface area contributed by atoms with Crippen molar-refractivity contribution in [3.63, 3.8) is 0 Å². The first-order chi connectivity index (χ1) is 1.91. The molecule has 0 fully saturated rings. The Labute approximate surface area is 93.9 Å². The van der Waals surface area contributed by atoms with E-state index in [0.29, 0.717) is 0 Å². The number of hydrogen-bond acceptors (Lipinski definition) is 0. The van der Waals surface area contributed by atoms with Gasteiger partial charge in [0.15, 0.2) is 0 Å². The van der Waals surface area contributed by atoms with Gasteiger partial charge in [0.05, 0.1) is 0 Å². The maximum Gasteiger partial charge on any atom is 0 e. The largest absolute Gasteiger partial charge is 0 e. The summed E-state index contributed by atoms with van der Waals surface area (Å²) >= 11 is 1.39. The average Bonchev–Trinajstić information content (AvgIpc) is 1.37. The summed E-state index contributed by atoms with van der Waals surface area (Å²) in [5, 5.41) is 0. The molecule has 0 saturated heterocycles. The minimum atomic E-state index is 0. The van der Waals surface area contributed by atoms with Crippen LogP contribution in [0.25, 0.3) is 0 Å². The fraction of sp³-hybridized carbons (Fsp3) is 1.00. The van der Waals surface area contributed by atoms with Crippen LogP contribution < -0.4 is 0 Å². The molecule has 0 rings (SSSR count). The van der Waals surface area contributed by atoms with Crippen LogP contribution in [0.15, 0.2) is 0 Å². The summed E-state index contributed by atoms with van der Waals surface area (Å²) < 4.78 is 1.46. The second-order valence-corrected chi connectivity index (χ2v) is 2.00. The molecule has 0 spiro atoms. The molecular weight excluding hydrogens is 98.1 g/mol. The van der Waals surface area contributed by atoms with E-state index in [1.54, 1.807) is 0 Å². The van der Waals surface area contributed by atoms with Gasteiger partial charge in [-0.2, -0.15) is 0 Å². The van der Waals surface area contributed by atoms with Crippen molar-refractivity contribution in [2.75, 3.05) is 0 Å². The summed E-state index contributed by atoms with van der Waals surface area (Å²) in [4.78, 5) is 0. The van der Waals surface area contributed by atoms with Gasteiger partial charge >= 0.3 is 44.9 Å². The van der Waals surface area contributed by atoms with Crippen molar-refractivity contribution in [3.8, 4) is 0 Å². The van der Waals surface area contributed by atoms with Crippen LogP contribution in [-0.4, -0.2) is 79.3 Å². The molecular formula is C3H7KNa. The topological polar surface area (TPSA) is 0 Å². The summed E-state index contributed by atoms with van der Waals surface area (Å²) in [6, 6.07) is 0. The van der Waals surface area contributed by atoms with Gasteiger partial charge in [-0.3, -0.25) is 0 Å². The normalized spacial score (nSPS) is 6.20. The molecule has 5 heavy (non-hydrogen) atoms. The molecule has 2 heteroatoms. The Kier molecular flexibility index (Phi) is 20.8. The van der Waals surface area contributed by atoms with E-state index in [9.17, 15) is 0 Å².